The van der Waals surface area contributed by atoms with Gasteiger partial charge >= 0.3 is 5.97 Å². The SMILES string of the molecule is CCCCCCCCCCCCCCCC/C=C\O[C@H](COC(=O)CCCCCC[C@@H]1[C@@H](/C=C/[C@@H](O)CCCCC)[C@H](O)C[C@@H]1O)COP(=O)([O-])OCC[N+](C)(C)C. The molecule has 0 aromatic rings. The van der Waals surface area contributed by atoms with E-state index in [1.165, 1.54) is 77.0 Å². The lowest BCUT2D eigenvalue weighted by atomic mass is 9.88. The molecular weight excluding hydrogens is 757 g/mol. The summed E-state index contributed by atoms with van der Waals surface area (Å²) in [5.74, 6) is -0.617. The Kier molecular flexibility index (Phi) is 32.4. The summed E-state index contributed by atoms with van der Waals surface area (Å²) in [5, 5.41) is 31.4. The predicted molar refractivity (Wildman–Crippen MR) is 233 cm³/mol. The minimum atomic E-state index is -4.57. The number of aliphatic hydroxyl groups excluding tert-OH is 3. The normalized spacial score (nSPS) is 20.8. The second-order valence-electron chi connectivity index (χ2n) is 17.8. The van der Waals surface area contributed by atoms with Gasteiger partial charge in [-0.05, 0) is 44.1 Å². The fourth-order valence-corrected chi connectivity index (χ4v) is 8.18. The second kappa shape index (κ2) is 34.3. The maximum atomic E-state index is 12.6. The van der Waals surface area contributed by atoms with E-state index in [1.807, 2.05) is 33.3 Å². The van der Waals surface area contributed by atoms with Crippen LogP contribution in [0.25, 0.3) is 0 Å². The number of carbonyl (C=O) groups is 1. The Balaban J connectivity index is 2.41. The van der Waals surface area contributed by atoms with Crippen molar-refractivity contribution in [1.82, 2.24) is 0 Å². The number of hydrogen-bond donors (Lipinski definition) is 3. The van der Waals surface area contributed by atoms with E-state index in [-0.39, 0.29) is 44.0 Å². The zero-order valence-corrected chi connectivity index (χ0v) is 38.5. The van der Waals surface area contributed by atoms with Crippen LogP contribution in [0.2, 0.25) is 0 Å². The Morgan fingerprint density at radius 1 is 0.776 bits per heavy atom. The highest BCUT2D eigenvalue weighted by Crippen LogP contribution is 2.39. The summed E-state index contributed by atoms with van der Waals surface area (Å²) < 4.78 is 34.4. The Labute approximate surface area is 354 Å². The van der Waals surface area contributed by atoms with Crippen molar-refractivity contribution in [3.05, 3.63) is 24.5 Å². The van der Waals surface area contributed by atoms with E-state index < -0.39 is 32.2 Å². The lowest BCUT2D eigenvalue weighted by Crippen LogP contribution is -2.37. The Morgan fingerprint density at radius 3 is 1.97 bits per heavy atom. The molecule has 3 N–H and O–H groups in total. The van der Waals surface area contributed by atoms with Crippen LogP contribution < -0.4 is 4.89 Å². The first kappa shape index (κ1) is 54.7. The van der Waals surface area contributed by atoms with E-state index in [2.05, 4.69) is 13.8 Å². The Hall–Kier alpha value is -1.30. The van der Waals surface area contributed by atoms with Gasteiger partial charge in [0.25, 0.3) is 7.82 Å². The highest BCUT2D eigenvalue weighted by molar-refractivity contribution is 7.45. The van der Waals surface area contributed by atoms with Gasteiger partial charge in [0, 0.05) is 18.8 Å². The summed E-state index contributed by atoms with van der Waals surface area (Å²) in [5.41, 5.74) is 0. The molecule has 7 atom stereocenters. The summed E-state index contributed by atoms with van der Waals surface area (Å²) in [6, 6.07) is 0. The number of allylic oxidation sites excluding steroid dienone is 1. The average molecular weight is 846 g/mol. The smallest absolute Gasteiger partial charge is 0.305 e. The van der Waals surface area contributed by atoms with Gasteiger partial charge in [-0.3, -0.25) is 9.36 Å². The van der Waals surface area contributed by atoms with Crippen molar-refractivity contribution >= 4 is 13.8 Å². The van der Waals surface area contributed by atoms with Crippen LogP contribution in [-0.4, -0.2) is 97.7 Å². The van der Waals surface area contributed by atoms with Crippen LogP contribution in [0.15, 0.2) is 24.5 Å². The average Bonchev–Trinajstić information content (AvgIpc) is 3.44. The van der Waals surface area contributed by atoms with Crippen LogP contribution in [0, 0.1) is 11.8 Å². The monoisotopic (exact) mass is 846 g/mol. The molecular formula is C46H88NO10P. The summed E-state index contributed by atoms with van der Waals surface area (Å²) >= 11 is 0. The van der Waals surface area contributed by atoms with Crippen LogP contribution >= 0.6 is 7.82 Å². The Morgan fingerprint density at radius 2 is 1.34 bits per heavy atom. The first-order chi connectivity index (χ1) is 27.8. The number of ether oxygens (including phenoxy) is 2. The molecule has 0 heterocycles. The molecule has 12 heteroatoms. The number of nitrogens with zero attached hydrogens (tertiary/aromatic N) is 1. The maximum absolute atomic E-state index is 12.6. The number of phosphoric acid groups is 1. The molecule has 1 unspecified atom stereocenters. The molecule has 342 valence electrons. The number of phosphoric ester groups is 1. The fraction of sp³-hybridized carbons (Fsp3) is 0.891. The van der Waals surface area contributed by atoms with Crippen molar-refractivity contribution in [3.8, 4) is 0 Å². The van der Waals surface area contributed by atoms with Crippen molar-refractivity contribution < 1.29 is 52.6 Å². The van der Waals surface area contributed by atoms with Gasteiger partial charge in [0.1, 0.15) is 19.8 Å². The van der Waals surface area contributed by atoms with Gasteiger partial charge in [-0.2, -0.15) is 0 Å². The molecule has 1 aliphatic carbocycles. The molecule has 58 heavy (non-hydrogen) atoms. The zero-order valence-electron chi connectivity index (χ0n) is 37.6. The number of unbranched alkanes of at least 4 members (excludes halogenated alkanes) is 19. The number of carbonyl (C=O) groups excluding carboxylic acids is 1. The molecule has 0 aromatic heterocycles. The highest BCUT2D eigenvalue weighted by atomic mass is 31.2. The molecule has 0 aliphatic heterocycles. The third kappa shape index (κ3) is 30.7. The molecule has 1 saturated carbocycles. The van der Waals surface area contributed by atoms with Gasteiger partial charge in [-0.25, -0.2) is 0 Å². The van der Waals surface area contributed by atoms with E-state index >= 15 is 0 Å². The topological polar surface area (TPSA) is 155 Å². The van der Waals surface area contributed by atoms with E-state index in [1.54, 1.807) is 12.3 Å². The second-order valence-corrected chi connectivity index (χ2v) is 19.2. The zero-order chi connectivity index (χ0) is 42.9. The number of esters is 1. The predicted octanol–water partition coefficient (Wildman–Crippen LogP) is 9.70. The van der Waals surface area contributed by atoms with Gasteiger partial charge in [0.2, 0.25) is 0 Å². The van der Waals surface area contributed by atoms with Crippen molar-refractivity contribution in [1.29, 1.82) is 0 Å². The van der Waals surface area contributed by atoms with E-state index in [9.17, 15) is 29.6 Å². The fourth-order valence-electron chi connectivity index (χ4n) is 7.45. The first-order valence-corrected chi connectivity index (χ1v) is 24.8. The van der Waals surface area contributed by atoms with Crippen LogP contribution in [0.4, 0.5) is 0 Å². The van der Waals surface area contributed by atoms with E-state index in [0.29, 0.717) is 30.3 Å². The lowest BCUT2D eigenvalue weighted by molar-refractivity contribution is -0.870. The summed E-state index contributed by atoms with van der Waals surface area (Å²) in [6.45, 7) is 4.39. The lowest BCUT2D eigenvalue weighted by Gasteiger charge is -2.28. The number of rotatable bonds is 39. The molecule has 11 nitrogen and oxygen atoms in total. The molecule has 0 radical (unpaired) electrons. The molecule has 1 rings (SSSR count). The van der Waals surface area contributed by atoms with Gasteiger partial charge in [-0.1, -0.05) is 148 Å². The summed E-state index contributed by atoms with van der Waals surface area (Å²) in [7, 11) is 1.25. The van der Waals surface area contributed by atoms with Crippen molar-refractivity contribution in [2.45, 2.75) is 205 Å². The molecule has 0 aromatic carbocycles. The largest absolute Gasteiger partial charge is 0.756 e. The van der Waals surface area contributed by atoms with Crippen LogP contribution in [0.1, 0.15) is 181 Å². The summed E-state index contributed by atoms with van der Waals surface area (Å²) in [4.78, 5) is 25.0. The van der Waals surface area contributed by atoms with Crippen molar-refractivity contribution in [3.63, 3.8) is 0 Å². The molecule has 0 saturated heterocycles. The molecule has 1 fully saturated rings. The molecule has 0 bridgehead atoms. The summed E-state index contributed by atoms with van der Waals surface area (Å²) in [6.07, 6.45) is 32.1. The third-order valence-corrected chi connectivity index (χ3v) is 12.2. The van der Waals surface area contributed by atoms with Crippen LogP contribution in [-0.2, 0) is 27.9 Å². The van der Waals surface area contributed by atoms with Crippen molar-refractivity contribution in [2.24, 2.45) is 11.8 Å². The van der Waals surface area contributed by atoms with Gasteiger partial charge in [0.05, 0.1) is 52.3 Å². The standard InChI is InChI=1S/C46H88NO10P/c1-6-8-10-11-12-13-14-15-16-17-18-19-20-21-24-28-35-54-41(39-57-58(52,53)56-36-34-47(3,4)5)38-55-46(51)31-27-23-22-26-30-42-43(45(50)37-44(42)49)33-32-40(48)29-25-9-7-2/h28,32-33,35,40-45,48-50H,6-27,29-31,34,36-39H2,1-5H3/b33-32+,35-28-/t40-,41+,42+,43+,44-,45+/m0/s1. The number of likely N-dealkylation sites (N-methyl/N-ethyl adjacent to an activating group) is 1. The quantitative estimate of drug-likeness (QED) is 0.0136. The number of quaternary nitrogens is 1. The third-order valence-electron chi connectivity index (χ3n) is 11.2. The van der Waals surface area contributed by atoms with E-state index in [0.717, 1.165) is 64.2 Å². The number of aliphatic hydroxyl groups is 3. The highest BCUT2D eigenvalue weighted by Gasteiger charge is 2.39. The first-order valence-electron chi connectivity index (χ1n) is 23.4. The Bertz CT molecular complexity index is 1100. The number of hydrogen-bond acceptors (Lipinski definition) is 10. The minimum Gasteiger partial charge on any atom is -0.756 e. The molecule has 0 spiro atoms. The molecule has 0 amide bonds. The van der Waals surface area contributed by atoms with Gasteiger partial charge in [-0.15, -0.1) is 0 Å². The minimum absolute atomic E-state index is 0.00592. The van der Waals surface area contributed by atoms with E-state index in [4.69, 9.17) is 18.5 Å². The van der Waals surface area contributed by atoms with Crippen LogP contribution in [0.5, 0.6) is 0 Å². The van der Waals surface area contributed by atoms with Gasteiger partial charge < -0.3 is 43.2 Å². The van der Waals surface area contributed by atoms with Crippen LogP contribution in [0.3, 0.4) is 0 Å². The maximum Gasteiger partial charge on any atom is 0.305 e. The molecule has 1 aliphatic rings. The van der Waals surface area contributed by atoms with Gasteiger partial charge in [0.15, 0.2) is 6.10 Å². The van der Waals surface area contributed by atoms with Crippen molar-refractivity contribution in [2.75, 3.05) is 47.5 Å².